The van der Waals surface area contributed by atoms with Gasteiger partial charge in [-0.3, -0.25) is 4.79 Å². The van der Waals surface area contributed by atoms with Crippen LogP contribution in [0.2, 0.25) is 0 Å². The minimum absolute atomic E-state index is 0.0986. The van der Waals surface area contributed by atoms with Crippen molar-refractivity contribution in [3.63, 3.8) is 0 Å². The molecule has 0 aliphatic carbocycles. The molecule has 1 aliphatic heterocycles. The molecule has 0 aromatic carbocycles. The second-order valence-electron chi connectivity index (χ2n) is 5.46. The molecule has 4 heteroatoms. The van der Waals surface area contributed by atoms with Crippen molar-refractivity contribution >= 4 is 5.91 Å². The summed E-state index contributed by atoms with van der Waals surface area (Å²) in [4.78, 5) is 14.4. The maximum atomic E-state index is 12.1. The average molecular weight is 241 g/mol. The largest absolute Gasteiger partial charge is 0.354 e. The molecule has 1 amide bonds. The number of carbonyl (C=O) groups excluding carboxylic acids is 1. The summed E-state index contributed by atoms with van der Waals surface area (Å²) >= 11 is 0. The fourth-order valence-corrected chi connectivity index (χ4v) is 2.22. The van der Waals surface area contributed by atoms with E-state index in [1.54, 1.807) is 0 Å². The van der Waals surface area contributed by atoms with E-state index in [-0.39, 0.29) is 5.91 Å². The van der Waals surface area contributed by atoms with Crippen LogP contribution < -0.4 is 11.1 Å². The molecule has 17 heavy (non-hydrogen) atoms. The molecule has 2 atom stereocenters. The molecule has 1 fully saturated rings. The zero-order valence-electron chi connectivity index (χ0n) is 11.5. The molecule has 2 unspecified atom stereocenters. The van der Waals surface area contributed by atoms with Crippen LogP contribution in [0.1, 0.15) is 39.5 Å². The standard InChI is InChI=1S/C13H27N3O/c1-4-13(2,10-14)12(17)15-9-11-7-5-6-8-16(11)3/h11H,4-10,14H2,1-3H3,(H,15,17). The maximum absolute atomic E-state index is 12.1. The summed E-state index contributed by atoms with van der Waals surface area (Å²) in [6.07, 6.45) is 4.52. The van der Waals surface area contributed by atoms with Gasteiger partial charge in [-0.15, -0.1) is 0 Å². The molecular weight excluding hydrogens is 214 g/mol. The fourth-order valence-electron chi connectivity index (χ4n) is 2.22. The Morgan fingerprint density at radius 2 is 2.24 bits per heavy atom. The first kappa shape index (κ1) is 14.5. The molecule has 1 rings (SSSR count). The van der Waals surface area contributed by atoms with Crippen molar-refractivity contribution in [2.24, 2.45) is 11.1 Å². The summed E-state index contributed by atoms with van der Waals surface area (Å²) in [5.74, 6) is 0.0986. The molecule has 0 aromatic heterocycles. The Morgan fingerprint density at radius 3 is 2.76 bits per heavy atom. The Bertz CT molecular complexity index is 251. The third kappa shape index (κ3) is 3.68. The number of hydrogen-bond acceptors (Lipinski definition) is 3. The number of likely N-dealkylation sites (tertiary alicyclic amines) is 1. The van der Waals surface area contributed by atoms with Gasteiger partial charge >= 0.3 is 0 Å². The summed E-state index contributed by atoms with van der Waals surface area (Å²) in [7, 11) is 2.14. The quantitative estimate of drug-likeness (QED) is 0.754. The summed E-state index contributed by atoms with van der Waals surface area (Å²) in [6, 6.07) is 0.492. The van der Waals surface area contributed by atoms with Gasteiger partial charge in [0.1, 0.15) is 0 Å². The first-order chi connectivity index (χ1) is 8.03. The maximum Gasteiger partial charge on any atom is 0.227 e. The first-order valence-corrected chi connectivity index (χ1v) is 6.72. The number of carbonyl (C=O) groups is 1. The molecular formula is C13H27N3O. The second-order valence-corrected chi connectivity index (χ2v) is 5.46. The second kappa shape index (κ2) is 6.36. The Balaban J connectivity index is 2.41. The van der Waals surface area contributed by atoms with Gasteiger partial charge in [-0.1, -0.05) is 13.3 Å². The number of piperidine rings is 1. The summed E-state index contributed by atoms with van der Waals surface area (Å²) in [6.45, 7) is 6.26. The molecule has 0 saturated carbocycles. The van der Waals surface area contributed by atoms with Crippen molar-refractivity contribution in [2.45, 2.75) is 45.6 Å². The van der Waals surface area contributed by atoms with Gasteiger partial charge in [0, 0.05) is 19.1 Å². The SMILES string of the molecule is CCC(C)(CN)C(=O)NCC1CCCCN1C. The lowest BCUT2D eigenvalue weighted by molar-refractivity contribution is -0.130. The van der Waals surface area contributed by atoms with Crippen molar-refractivity contribution in [2.75, 3.05) is 26.7 Å². The van der Waals surface area contributed by atoms with Crippen molar-refractivity contribution in [1.29, 1.82) is 0 Å². The van der Waals surface area contributed by atoms with E-state index < -0.39 is 5.41 Å². The van der Waals surface area contributed by atoms with Gasteiger partial charge in [0.2, 0.25) is 5.91 Å². The van der Waals surface area contributed by atoms with E-state index >= 15 is 0 Å². The lowest BCUT2D eigenvalue weighted by Crippen LogP contribution is -2.49. The fraction of sp³-hybridized carbons (Fsp3) is 0.923. The van der Waals surface area contributed by atoms with Crippen LogP contribution in [0.3, 0.4) is 0 Å². The minimum atomic E-state index is -0.409. The third-order valence-electron chi connectivity index (χ3n) is 4.20. The highest BCUT2D eigenvalue weighted by Gasteiger charge is 2.30. The molecule has 0 bridgehead atoms. The Morgan fingerprint density at radius 1 is 1.53 bits per heavy atom. The highest BCUT2D eigenvalue weighted by molar-refractivity contribution is 5.82. The topological polar surface area (TPSA) is 58.4 Å². The highest BCUT2D eigenvalue weighted by atomic mass is 16.2. The number of hydrogen-bond donors (Lipinski definition) is 2. The van der Waals surface area contributed by atoms with Gasteiger partial charge in [-0.05, 0) is 39.8 Å². The van der Waals surface area contributed by atoms with Crippen LogP contribution in [0.5, 0.6) is 0 Å². The Labute approximate surface area is 105 Å². The third-order valence-corrected chi connectivity index (χ3v) is 4.20. The zero-order valence-corrected chi connectivity index (χ0v) is 11.5. The predicted molar refractivity (Wildman–Crippen MR) is 70.7 cm³/mol. The normalized spacial score (nSPS) is 25.3. The van der Waals surface area contributed by atoms with E-state index in [4.69, 9.17) is 5.73 Å². The molecule has 3 N–H and O–H groups in total. The van der Waals surface area contributed by atoms with Gasteiger partial charge in [-0.2, -0.15) is 0 Å². The molecule has 0 aromatic rings. The van der Waals surface area contributed by atoms with E-state index in [0.29, 0.717) is 12.6 Å². The van der Waals surface area contributed by atoms with E-state index in [9.17, 15) is 4.79 Å². The van der Waals surface area contributed by atoms with Crippen LogP contribution in [0.25, 0.3) is 0 Å². The zero-order chi connectivity index (χ0) is 12.9. The van der Waals surface area contributed by atoms with Gasteiger partial charge < -0.3 is 16.0 Å². The Kier molecular flexibility index (Phi) is 5.40. The number of nitrogens with two attached hydrogens (primary N) is 1. The number of amides is 1. The lowest BCUT2D eigenvalue weighted by atomic mass is 9.86. The van der Waals surface area contributed by atoms with Crippen molar-refractivity contribution in [3.8, 4) is 0 Å². The number of likely N-dealkylation sites (N-methyl/N-ethyl adjacent to an activating group) is 1. The minimum Gasteiger partial charge on any atom is -0.354 e. The van der Waals surface area contributed by atoms with Gasteiger partial charge in [0.25, 0.3) is 0 Å². The summed E-state index contributed by atoms with van der Waals surface area (Å²) in [5, 5.41) is 3.06. The summed E-state index contributed by atoms with van der Waals surface area (Å²) < 4.78 is 0. The van der Waals surface area contributed by atoms with Crippen LogP contribution in [0.15, 0.2) is 0 Å². The number of rotatable bonds is 5. The molecule has 100 valence electrons. The van der Waals surface area contributed by atoms with Gasteiger partial charge in [0.05, 0.1) is 5.41 Å². The van der Waals surface area contributed by atoms with Crippen molar-refractivity contribution < 1.29 is 4.79 Å². The van der Waals surface area contributed by atoms with E-state index in [2.05, 4.69) is 17.3 Å². The number of nitrogens with one attached hydrogen (secondary N) is 1. The average Bonchev–Trinajstić information content (AvgIpc) is 2.36. The Hall–Kier alpha value is -0.610. The summed E-state index contributed by atoms with van der Waals surface area (Å²) in [5.41, 5.74) is 5.27. The molecule has 1 heterocycles. The molecule has 0 radical (unpaired) electrons. The number of nitrogens with zero attached hydrogens (tertiary/aromatic N) is 1. The molecule has 1 saturated heterocycles. The first-order valence-electron chi connectivity index (χ1n) is 6.72. The van der Waals surface area contributed by atoms with E-state index in [0.717, 1.165) is 19.5 Å². The highest BCUT2D eigenvalue weighted by Crippen LogP contribution is 2.20. The van der Waals surface area contributed by atoms with Gasteiger partial charge in [0.15, 0.2) is 0 Å². The molecule has 4 nitrogen and oxygen atoms in total. The van der Waals surface area contributed by atoms with Gasteiger partial charge in [-0.25, -0.2) is 0 Å². The predicted octanol–water partition coefficient (Wildman–Crippen LogP) is 0.962. The van der Waals surface area contributed by atoms with E-state index in [1.807, 2.05) is 13.8 Å². The lowest BCUT2D eigenvalue weighted by Gasteiger charge is -2.34. The van der Waals surface area contributed by atoms with Crippen molar-refractivity contribution in [1.82, 2.24) is 10.2 Å². The molecule has 0 spiro atoms. The van der Waals surface area contributed by atoms with Crippen LogP contribution in [0.4, 0.5) is 0 Å². The van der Waals surface area contributed by atoms with Crippen LogP contribution in [0, 0.1) is 5.41 Å². The monoisotopic (exact) mass is 241 g/mol. The smallest absolute Gasteiger partial charge is 0.227 e. The van der Waals surface area contributed by atoms with Crippen molar-refractivity contribution in [3.05, 3.63) is 0 Å². The van der Waals surface area contributed by atoms with E-state index in [1.165, 1.54) is 19.3 Å². The van der Waals surface area contributed by atoms with Crippen LogP contribution in [-0.4, -0.2) is 43.5 Å². The van der Waals surface area contributed by atoms with Crippen LogP contribution in [-0.2, 0) is 4.79 Å². The van der Waals surface area contributed by atoms with Crippen LogP contribution >= 0.6 is 0 Å². The molecule has 1 aliphatic rings.